The van der Waals surface area contributed by atoms with E-state index in [0.29, 0.717) is 40.7 Å². The molecule has 138 valence electrons. The third-order valence-electron chi connectivity index (χ3n) is 5.76. The fourth-order valence-electron chi connectivity index (χ4n) is 4.10. The quantitative estimate of drug-likeness (QED) is 0.805. The molecule has 0 unspecified atom stereocenters. The summed E-state index contributed by atoms with van der Waals surface area (Å²) in [6.07, 6.45) is 1.15. The molecule has 1 aliphatic carbocycles. The number of methoxy groups -OCH3 is 2. The van der Waals surface area contributed by atoms with Crippen molar-refractivity contribution in [1.82, 2.24) is 9.78 Å². The highest BCUT2D eigenvalue weighted by molar-refractivity contribution is 6.35. The topological polar surface area (TPSA) is 62.6 Å². The van der Waals surface area contributed by atoms with Crippen molar-refractivity contribution in [1.29, 1.82) is 0 Å². The second-order valence-electron chi connectivity index (χ2n) is 7.04. The fourth-order valence-corrected chi connectivity index (χ4v) is 4.36. The maximum absolute atomic E-state index is 13.5. The highest BCUT2D eigenvalue weighted by Gasteiger charge is 2.56. The molecule has 0 saturated heterocycles. The van der Waals surface area contributed by atoms with Crippen LogP contribution in [-0.4, -0.2) is 35.4 Å². The van der Waals surface area contributed by atoms with Gasteiger partial charge in [-0.05, 0) is 13.3 Å². The number of rotatable bonds is 2. The van der Waals surface area contributed by atoms with E-state index in [-0.39, 0.29) is 11.7 Å². The number of nitrogens with zero attached hydrogens (tertiary/aromatic N) is 2. The molecule has 6 nitrogen and oxygen atoms in total. The zero-order valence-corrected chi connectivity index (χ0v) is 16.2. The van der Waals surface area contributed by atoms with Crippen LogP contribution >= 0.6 is 11.6 Å². The van der Waals surface area contributed by atoms with E-state index in [1.54, 1.807) is 6.07 Å². The summed E-state index contributed by atoms with van der Waals surface area (Å²) in [6.45, 7) is 4.03. The highest BCUT2D eigenvalue weighted by Crippen LogP contribution is 2.53. The summed E-state index contributed by atoms with van der Waals surface area (Å²) in [5.74, 6) is 1.06. The van der Waals surface area contributed by atoms with Crippen molar-refractivity contribution in [3.63, 3.8) is 0 Å². The van der Waals surface area contributed by atoms with Crippen LogP contribution in [0.25, 0.3) is 0 Å². The predicted octanol–water partition coefficient (Wildman–Crippen LogP) is 3.15. The van der Waals surface area contributed by atoms with Crippen molar-refractivity contribution in [2.75, 3.05) is 14.2 Å². The number of hydrogen-bond acceptors (Lipinski definition) is 5. The highest BCUT2D eigenvalue weighted by atomic mass is 35.5. The minimum absolute atomic E-state index is 0.0454. The number of fused-ring (bicyclic) bond motifs is 2. The van der Waals surface area contributed by atoms with Crippen LogP contribution in [0.15, 0.2) is 6.07 Å². The van der Waals surface area contributed by atoms with Gasteiger partial charge in [0.2, 0.25) is 5.78 Å². The molecule has 1 aliphatic heterocycles. The molecule has 1 aromatic carbocycles. The molecule has 26 heavy (non-hydrogen) atoms. The molecular weight excluding hydrogens is 356 g/mol. The maximum atomic E-state index is 13.5. The molecule has 2 aliphatic rings. The lowest BCUT2D eigenvalue weighted by atomic mass is 9.72. The van der Waals surface area contributed by atoms with E-state index in [9.17, 15) is 4.79 Å². The lowest BCUT2D eigenvalue weighted by Crippen LogP contribution is -2.51. The first-order valence-corrected chi connectivity index (χ1v) is 8.91. The number of hydrogen-bond donors (Lipinski definition) is 0. The number of benzene rings is 1. The van der Waals surface area contributed by atoms with Crippen molar-refractivity contribution >= 4 is 17.4 Å². The summed E-state index contributed by atoms with van der Waals surface area (Å²) >= 11 is 6.46. The van der Waals surface area contributed by atoms with Crippen LogP contribution in [0.4, 0.5) is 0 Å². The molecule has 0 bridgehead atoms. The first-order chi connectivity index (χ1) is 12.3. The maximum Gasteiger partial charge on any atom is 0.214 e. The van der Waals surface area contributed by atoms with Gasteiger partial charge < -0.3 is 14.2 Å². The van der Waals surface area contributed by atoms with Gasteiger partial charge in [-0.2, -0.15) is 5.10 Å². The zero-order chi connectivity index (χ0) is 18.8. The van der Waals surface area contributed by atoms with E-state index >= 15 is 0 Å². The number of aromatic nitrogens is 2. The first kappa shape index (κ1) is 17.2. The Morgan fingerprint density at radius 1 is 1.35 bits per heavy atom. The second kappa shape index (κ2) is 5.64. The van der Waals surface area contributed by atoms with Crippen molar-refractivity contribution < 1.29 is 19.0 Å². The summed E-state index contributed by atoms with van der Waals surface area (Å²) in [5, 5.41) is 4.89. The second-order valence-corrected chi connectivity index (χ2v) is 7.41. The molecule has 1 spiro atoms. The Labute approximate surface area is 157 Å². The van der Waals surface area contributed by atoms with Crippen molar-refractivity contribution in [2.24, 2.45) is 13.0 Å². The average molecular weight is 377 g/mol. The Kier molecular flexibility index (Phi) is 3.74. The number of ketones is 1. The number of ether oxygens (including phenoxy) is 3. The van der Waals surface area contributed by atoms with Gasteiger partial charge >= 0.3 is 0 Å². The molecule has 2 heterocycles. The van der Waals surface area contributed by atoms with Crippen LogP contribution in [0.5, 0.6) is 17.2 Å². The number of Topliss-reactive ketones (excluding diaryl/α,β-unsaturated/α-hetero) is 1. The van der Waals surface area contributed by atoms with E-state index < -0.39 is 5.60 Å². The minimum Gasteiger partial charge on any atom is -0.496 e. The van der Waals surface area contributed by atoms with Gasteiger partial charge in [0.1, 0.15) is 22.1 Å². The normalized spacial score (nSPS) is 23.6. The minimum atomic E-state index is -0.994. The summed E-state index contributed by atoms with van der Waals surface area (Å²) in [4.78, 5) is 13.5. The van der Waals surface area contributed by atoms with Gasteiger partial charge in [0.05, 0.1) is 19.9 Å². The summed E-state index contributed by atoms with van der Waals surface area (Å²) in [5.41, 5.74) is 2.57. The summed E-state index contributed by atoms with van der Waals surface area (Å²) < 4.78 is 18.9. The van der Waals surface area contributed by atoms with E-state index in [1.165, 1.54) is 14.2 Å². The van der Waals surface area contributed by atoms with Crippen LogP contribution in [0, 0.1) is 12.8 Å². The van der Waals surface area contributed by atoms with Gasteiger partial charge in [0.25, 0.3) is 0 Å². The van der Waals surface area contributed by atoms with Gasteiger partial charge in [0.15, 0.2) is 11.4 Å². The van der Waals surface area contributed by atoms with Gasteiger partial charge in [-0.15, -0.1) is 0 Å². The molecule has 7 heteroatoms. The molecular formula is C19H21ClN2O4. The SMILES string of the molecule is COc1cc(OC)c2c(c1Cl)O[C@@]1(Cc3c(nn(C)c3C)C[C@H]1C)C2=O. The predicted molar refractivity (Wildman–Crippen MR) is 96.8 cm³/mol. The first-order valence-electron chi connectivity index (χ1n) is 8.53. The van der Waals surface area contributed by atoms with E-state index in [2.05, 4.69) is 5.10 Å². The van der Waals surface area contributed by atoms with Crippen molar-refractivity contribution in [2.45, 2.75) is 32.3 Å². The van der Waals surface area contributed by atoms with E-state index in [0.717, 1.165) is 17.0 Å². The number of carbonyl (C=O) groups is 1. The Balaban J connectivity index is 1.88. The van der Waals surface area contributed by atoms with Crippen molar-refractivity contribution in [3.8, 4) is 17.2 Å². The van der Waals surface area contributed by atoms with Crippen LogP contribution in [-0.2, 0) is 19.9 Å². The van der Waals surface area contributed by atoms with Crippen molar-refractivity contribution in [3.05, 3.63) is 33.6 Å². The summed E-state index contributed by atoms with van der Waals surface area (Å²) in [6, 6.07) is 1.63. The van der Waals surface area contributed by atoms with Crippen LogP contribution < -0.4 is 14.2 Å². The van der Waals surface area contributed by atoms with Gasteiger partial charge in [0, 0.05) is 36.7 Å². The van der Waals surface area contributed by atoms with Gasteiger partial charge in [-0.25, -0.2) is 0 Å². The van der Waals surface area contributed by atoms with Gasteiger partial charge in [-0.3, -0.25) is 9.48 Å². The van der Waals surface area contributed by atoms with Crippen LogP contribution in [0.1, 0.15) is 34.2 Å². The summed E-state index contributed by atoms with van der Waals surface area (Å²) in [7, 11) is 4.96. The molecule has 2 atom stereocenters. The smallest absolute Gasteiger partial charge is 0.214 e. The third-order valence-corrected chi connectivity index (χ3v) is 6.12. The lowest BCUT2D eigenvalue weighted by Gasteiger charge is -2.36. The van der Waals surface area contributed by atoms with Crippen LogP contribution in [0.3, 0.4) is 0 Å². The van der Waals surface area contributed by atoms with E-state index in [1.807, 2.05) is 25.6 Å². The molecule has 0 amide bonds. The van der Waals surface area contributed by atoms with Gasteiger partial charge in [-0.1, -0.05) is 18.5 Å². The largest absolute Gasteiger partial charge is 0.496 e. The number of halogens is 1. The monoisotopic (exact) mass is 376 g/mol. The molecule has 0 fully saturated rings. The average Bonchev–Trinajstić information content (AvgIpc) is 3.06. The molecule has 4 rings (SSSR count). The van der Waals surface area contributed by atoms with E-state index in [4.69, 9.17) is 25.8 Å². The Bertz CT molecular complexity index is 936. The zero-order valence-electron chi connectivity index (χ0n) is 15.5. The Morgan fingerprint density at radius 3 is 2.69 bits per heavy atom. The molecule has 0 radical (unpaired) electrons. The molecule has 2 aromatic rings. The standard InChI is InChI=1S/C19H21ClN2O4/c1-9-6-12-11(10(2)22(3)21-12)8-19(9)18(23)15-13(24-4)7-14(25-5)16(20)17(15)26-19/h7,9H,6,8H2,1-5H3/t9-,19-/m1/s1. The molecule has 1 aromatic heterocycles. The molecule has 0 N–H and O–H groups in total. The lowest BCUT2D eigenvalue weighted by molar-refractivity contribution is 0.0264. The number of aryl methyl sites for hydroxylation is 1. The third kappa shape index (κ3) is 2.05. The Hall–Kier alpha value is -2.21. The van der Waals surface area contributed by atoms with Crippen LogP contribution in [0.2, 0.25) is 5.02 Å². The Morgan fingerprint density at radius 2 is 2.04 bits per heavy atom. The number of carbonyl (C=O) groups excluding carboxylic acids is 1. The molecule has 0 saturated carbocycles. The fraction of sp³-hybridized carbons (Fsp3) is 0.474.